The Morgan fingerprint density at radius 1 is 1.40 bits per heavy atom. The summed E-state index contributed by atoms with van der Waals surface area (Å²) in [6.07, 6.45) is 2.75. The number of hydrogen-bond acceptors (Lipinski definition) is 7. The van der Waals surface area contributed by atoms with Gasteiger partial charge in [0, 0.05) is 0 Å². The van der Waals surface area contributed by atoms with Crippen LogP contribution in [0.25, 0.3) is 11.1 Å². The van der Waals surface area contributed by atoms with Crippen LogP contribution in [0.4, 0.5) is 0 Å². The van der Waals surface area contributed by atoms with Crippen molar-refractivity contribution in [2.45, 2.75) is 43.7 Å². The van der Waals surface area contributed by atoms with Crippen molar-refractivity contribution in [2.24, 2.45) is 0 Å². The van der Waals surface area contributed by atoms with E-state index in [0.29, 0.717) is 23.5 Å². The third kappa shape index (κ3) is 3.69. The third-order valence-corrected chi connectivity index (χ3v) is 6.30. The lowest BCUT2D eigenvalue weighted by atomic mass is 10.0. The zero-order valence-electron chi connectivity index (χ0n) is 14.4. The van der Waals surface area contributed by atoms with Crippen molar-refractivity contribution in [2.75, 3.05) is 19.4 Å². The number of esters is 1. The summed E-state index contributed by atoms with van der Waals surface area (Å²) in [6, 6.07) is 4.41. The summed E-state index contributed by atoms with van der Waals surface area (Å²) in [6.45, 7) is 2.77. The second-order valence-electron chi connectivity index (χ2n) is 6.15. The largest absolute Gasteiger partial charge is 0.468 e. The van der Waals surface area contributed by atoms with Gasteiger partial charge in [-0.1, -0.05) is 13.3 Å². The number of aromatic nitrogens is 1. The van der Waals surface area contributed by atoms with Gasteiger partial charge in [-0.15, -0.1) is 0 Å². The fourth-order valence-corrected chi connectivity index (χ4v) is 4.04. The molecule has 136 valence electrons. The summed E-state index contributed by atoms with van der Waals surface area (Å²) in [7, 11) is -1.89. The Morgan fingerprint density at radius 3 is 2.92 bits per heavy atom. The van der Waals surface area contributed by atoms with Gasteiger partial charge in [0.15, 0.2) is 15.4 Å². The first-order valence-electron chi connectivity index (χ1n) is 8.38. The van der Waals surface area contributed by atoms with Gasteiger partial charge in [-0.25, -0.2) is 13.4 Å². The summed E-state index contributed by atoms with van der Waals surface area (Å²) in [5.74, 6) is 0.265. The van der Waals surface area contributed by atoms with Crippen LogP contribution in [0.5, 0.6) is 0 Å². The minimum absolute atomic E-state index is 0.0395. The Morgan fingerprint density at radius 2 is 2.20 bits per heavy atom. The van der Waals surface area contributed by atoms with Gasteiger partial charge in [-0.2, -0.15) is 0 Å². The number of ether oxygens (including phenoxy) is 1. The van der Waals surface area contributed by atoms with Crippen LogP contribution < -0.4 is 0 Å². The topological polar surface area (TPSA) is 89.7 Å². The summed E-state index contributed by atoms with van der Waals surface area (Å²) in [5, 5.41) is 0. The molecule has 0 N–H and O–H groups in total. The molecule has 1 aromatic carbocycles. The SMILES string of the molecule is CCS(=O)(=O)c1ccc2oc(CN3CCCC[C@@H]3C(=O)OC)nc2c1. The summed E-state index contributed by atoms with van der Waals surface area (Å²) in [4.78, 5) is 18.6. The number of carbonyl (C=O) groups excluding carboxylic acids is 1. The van der Waals surface area contributed by atoms with Crippen LogP contribution in [0.15, 0.2) is 27.5 Å². The van der Waals surface area contributed by atoms with Gasteiger partial charge >= 0.3 is 5.97 Å². The molecule has 0 radical (unpaired) electrons. The maximum absolute atomic E-state index is 12.0. The average Bonchev–Trinajstić information content (AvgIpc) is 3.03. The van der Waals surface area contributed by atoms with Crippen molar-refractivity contribution >= 4 is 26.9 Å². The number of nitrogens with zero attached hydrogens (tertiary/aromatic N) is 2. The fraction of sp³-hybridized carbons (Fsp3) is 0.529. The molecule has 0 bridgehead atoms. The lowest BCUT2D eigenvalue weighted by Gasteiger charge is -2.32. The van der Waals surface area contributed by atoms with E-state index in [2.05, 4.69) is 4.98 Å². The van der Waals surface area contributed by atoms with Gasteiger partial charge in [0.05, 0.1) is 24.3 Å². The number of piperidine rings is 1. The van der Waals surface area contributed by atoms with E-state index in [-0.39, 0.29) is 22.7 Å². The molecule has 0 amide bonds. The maximum atomic E-state index is 12.0. The molecule has 8 heteroatoms. The predicted octanol–water partition coefficient (Wildman–Crippen LogP) is 2.15. The monoisotopic (exact) mass is 366 g/mol. The lowest BCUT2D eigenvalue weighted by Crippen LogP contribution is -2.44. The molecular weight excluding hydrogens is 344 g/mol. The highest BCUT2D eigenvalue weighted by Crippen LogP contribution is 2.24. The van der Waals surface area contributed by atoms with Crippen LogP contribution in [-0.2, 0) is 25.9 Å². The Bertz CT molecular complexity index is 874. The van der Waals surface area contributed by atoms with Gasteiger partial charge in [-0.3, -0.25) is 9.69 Å². The van der Waals surface area contributed by atoms with Crippen molar-refractivity contribution in [3.05, 3.63) is 24.1 Å². The Kier molecular flexibility index (Phi) is 5.10. The van der Waals surface area contributed by atoms with Gasteiger partial charge in [0.2, 0.25) is 5.89 Å². The fourth-order valence-electron chi connectivity index (χ4n) is 3.14. The molecule has 1 saturated heterocycles. The number of carbonyl (C=O) groups is 1. The molecule has 1 aliphatic heterocycles. The standard InChI is InChI=1S/C17H22N2O5S/c1-3-25(21,22)12-7-8-15-13(10-12)18-16(24-15)11-19-9-5-4-6-14(19)17(20)23-2/h7-8,10,14H,3-6,9,11H2,1-2H3/t14-/m1/s1. The number of likely N-dealkylation sites (tertiary alicyclic amines) is 1. The molecule has 2 aromatic rings. The highest BCUT2D eigenvalue weighted by Gasteiger charge is 2.30. The van der Waals surface area contributed by atoms with E-state index in [0.717, 1.165) is 25.8 Å². The van der Waals surface area contributed by atoms with Gasteiger partial charge in [-0.05, 0) is 37.6 Å². The smallest absolute Gasteiger partial charge is 0.323 e. The highest BCUT2D eigenvalue weighted by atomic mass is 32.2. The Balaban J connectivity index is 1.85. The van der Waals surface area contributed by atoms with E-state index in [1.165, 1.54) is 19.2 Å². The quantitative estimate of drug-likeness (QED) is 0.749. The first-order valence-corrected chi connectivity index (χ1v) is 10.0. The summed E-state index contributed by atoms with van der Waals surface area (Å²) in [5.41, 5.74) is 1.05. The van der Waals surface area contributed by atoms with E-state index in [1.807, 2.05) is 4.90 Å². The van der Waals surface area contributed by atoms with Crippen LogP contribution in [0.3, 0.4) is 0 Å². The molecule has 3 rings (SSSR count). The molecule has 0 unspecified atom stereocenters. The minimum atomic E-state index is -3.28. The minimum Gasteiger partial charge on any atom is -0.468 e. The zero-order valence-corrected chi connectivity index (χ0v) is 15.2. The predicted molar refractivity (Wildman–Crippen MR) is 91.8 cm³/mol. The van der Waals surface area contributed by atoms with E-state index in [4.69, 9.17) is 9.15 Å². The van der Waals surface area contributed by atoms with Crippen molar-refractivity contribution in [1.82, 2.24) is 9.88 Å². The van der Waals surface area contributed by atoms with E-state index < -0.39 is 9.84 Å². The molecule has 1 fully saturated rings. The molecule has 0 spiro atoms. The first-order chi connectivity index (χ1) is 11.9. The molecular formula is C17H22N2O5S. The van der Waals surface area contributed by atoms with Crippen LogP contribution in [-0.4, -0.2) is 49.7 Å². The van der Waals surface area contributed by atoms with Crippen molar-refractivity contribution in [3.63, 3.8) is 0 Å². The molecule has 0 aliphatic carbocycles. The normalized spacial score (nSPS) is 19.2. The van der Waals surface area contributed by atoms with Crippen molar-refractivity contribution < 1.29 is 22.4 Å². The third-order valence-electron chi connectivity index (χ3n) is 4.57. The average molecular weight is 366 g/mol. The van der Waals surface area contributed by atoms with Gasteiger partial charge < -0.3 is 9.15 Å². The number of benzene rings is 1. The molecule has 25 heavy (non-hydrogen) atoms. The number of fused-ring (bicyclic) bond motifs is 1. The molecule has 0 saturated carbocycles. The van der Waals surface area contributed by atoms with Crippen LogP contribution in [0.2, 0.25) is 0 Å². The molecule has 1 atom stereocenters. The van der Waals surface area contributed by atoms with Crippen LogP contribution in [0.1, 0.15) is 32.1 Å². The summed E-state index contributed by atoms with van der Waals surface area (Å²) < 4.78 is 34.6. The number of rotatable bonds is 5. The second-order valence-corrected chi connectivity index (χ2v) is 8.42. The second kappa shape index (κ2) is 7.13. The molecule has 1 aromatic heterocycles. The van der Waals surface area contributed by atoms with Gasteiger partial charge in [0.1, 0.15) is 11.6 Å². The van der Waals surface area contributed by atoms with Crippen molar-refractivity contribution in [1.29, 1.82) is 0 Å². The number of sulfone groups is 1. The Labute approximate surface area is 146 Å². The summed E-state index contributed by atoms with van der Waals surface area (Å²) >= 11 is 0. The Hall–Kier alpha value is -1.93. The van der Waals surface area contributed by atoms with Crippen LogP contribution >= 0.6 is 0 Å². The number of hydrogen-bond donors (Lipinski definition) is 0. The number of methoxy groups -OCH3 is 1. The number of oxazole rings is 1. The zero-order chi connectivity index (χ0) is 18.0. The first kappa shape index (κ1) is 17.9. The van der Waals surface area contributed by atoms with E-state index >= 15 is 0 Å². The van der Waals surface area contributed by atoms with Crippen LogP contribution in [0, 0.1) is 0 Å². The lowest BCUT2D eigenvalue weighted by molar-refractivity contribution is -0.148. The maximum Gasteiger partial charge on any atom is 0.323 e. The molecule has 7 nitrogen and oxygen atoms in total. The van der Waals surface area contributed by atoms with E-state index in [1.54, 1.807) is 13.0 Å². The molecule has 2 heterocycles. The van der Waals surface area contributed by atoms with E-state index in [9.17, 15) is 13.2 Å². The van der Waals surface area contributed by atoms with Crippen molar-refractivity contribution in [3.8, 4) is 0 Å². The van der Waals surface area contributed by atoms with Gasteiger partial charge in [0.25, 0.3) is 0 Å². The molecule has 1 aliphatic rings. The highest BCUT2D eigenvalue weighted by molar-refractivity contribution is 7.91.